The zero-order valence-corrected chi connectivity index (χ0v) is 12.6. The normalized spacial score (nSPS) is 20.4. The monoisotopic (exact) mass is 259 g/mol. The lowest BCUT2D eigenvalue weighted by atomic mass is 9.86. The maximum absolute atomic E-state index is 12.5. The van der Waals surface area contributed by atoms with Gasteiger partial charge in [0.05, 0.1) is 0 Å². The zero-order valence-electron chi connectivity index (χ0n) is 12.6. The average molecular weight is 259 g/mol. The molecule has 1 fully saturated rings. The van der Waals surface area contributed by atoms with Crippen LogP contribution >= 0.6 is 0 Å². The number of carbonyl (C=O) groups excluding carboxylic acids is 1. The van der Waals surface area contributed by atoms with Crippen molar-refractivity contribution < 1.29 is 4.79 Å². The minimum atomic E-state index is 0.139. The van der Waals surface area contributed by atoms with Crippen LogP contribution in [0.2, 0.25) is 0 Å². The van der Waals surface area contributed by atoms with Gasteiger partial charge in [-0.1, -0.05) is 32.9 Å². The van der Waals surface area contributed by atoms with Gasteiger partial charge in [-0.2, -0.15) is 0 Å². The van der Waals surface area contributed by atoms with E-state index in [-0.39, 0.29) is 11.3 Å². The quantitative estimate of drug-likeness (QED) is 0.746. The third kappa shape index (κ3) is 3.17. The van der Waals surface area contributed by atoms with Crippen LogP contribution in [0.3, 0.4) is 0 Å². The van der Waals surface area contributed by atoms with E-state index in [1.54, 1.807) is 0 Å². The summed E-state index contributed by atoms with van der Waals surface area (Å²) in [6.45, 7) is 9.63. The highest BCUT2D eigenvalue weighted by Gasteiger charge is 2.24. The van der Waals surface area contributed by atoms with E-state index in [9.17, 15) is 4.79 Å². The lowest BCUT2D eigenvalue weighted by Crippen LogP contribution is -2.42. The van der Waals surface area contributed by atoms with E-state index in [2.05, 4.69) is 39.8 Å². The van der Waals surface area contributed by atoms with Gasteiger partial charge in [0.15, 0.2) is 0 Å². The van der Waals surface area contributed by atoms with Crippen molar-refractivity contribution >= 4 is 5.91 Å². The molecule has 0 radical (unpaired) electrons. The second-order valence-electron chi connectivity index (χ2n) is 6.67. The topological polar surface area (TPSA) is 20.3 Å². The number of benzene rings is 1. The van der Waals surface area contributed by atoms with E-state index in [1.807, 2.05) is 17.0 Å². The molecule has 1 aliphatic heterocycles. The summed E-state index contributed by atoms with van der Waals surface area (Å²) in [7, 11) is 0. The molecule has 1 aromatic rings. The number of piperidine rings is 1. The van der Waals surface area contributed by atoms with Gasteiger partial charge in [0.2, 0.25) is 0 Å². The Morgan fingerprint density at radius 2 is 1.79 bits per heavy atom. The number of rotatable bonds is 1. The Kier molecular flexibility index (Phi) is 3.98. The third-order valence-corrected chi connectivity index (χ3v) is 4.06. The molecule has 0 aliphatic carbocycles. The second kappa shape index (κ2) is 5.36. The number of hydrogen-bond acceptors (Lipinski definition) is 1. The Hall–Kier alpha value is -1.31. The first kappa shape index (κ1) is 14.1. The van der Waals surface area contributed by atoms with E-state index in [4.69, 9.17) is 0 Å². The standard InChI is InChI=1S/C17H25NO/c1-13-7-5-6-12-18(13)16(19)14-8-10-15(11-9-14)17(2,3)4/h8-11,13H,5-7,12H2,1-4H3/t13-/m1/s1. The van der Waals surface area contributed by atoms with Crippen LogP contribution in [-0.2, 0) is 5.41 Å². The van der Waals surface area contributed by atoms with Crippen molar-refractivity contribution in [3.8, 4) is 0 Å². The molecule has 104 valence electrons. The summed E-state index contributed by atoms with van der Waals surface area (Å²) < 4.78 is 0. The Morgan fingerprint density at radius 3 is 2.32 bits per heavy atom. The summed E-state index contributed by atoms with van der Waals surface area (Å²) in [5, 5.41) is 0. The Morgan fingerprint density at radius 1 is 1.16 bits per heavy atom. The molecular weight excluding hydrogens is 234 g/mol. The summed E-state index contributed by atoms with van der Waals surface area (Å²) in [5.74, 6) is 0.188. The fraction of sp³-hybridized carbons (Fsp3) is 0.588. The zero-order chi connectivity index (χ0) is 14.0. The van der Waals surface area contributed by atoms with Gasteiger partial charge >= 0.3 is 0 Å². The molecule has 0 saturated carbocycles. The molecule has 0 N–H and O–H groups in total. The number of hydrogen-bond donors (Lipinski definition) is 0. The van der Waals surface area contributed by atoms with Gasteiger partial charge in [-0.25, -0.2) is 0 Å². The largest absolute Gasteiger partial charge is 0.336 e. The summed E-state index contributed by atoms with van der Waals surface area (Å²) in [6.07, 6.45) is 3.51. The second-order valence-corrected chi connectivity index (χ2v) is 6.67. The first-order chi connectivity index (χ1) is 8.89. The van der Waals surface area contributed by atoms with Crippen LogP contribution in [0.1, 0.15) is 62.9 Å². The van der Waals surface area contributed by atoms with Crippen molar-refractivity contribution in [2.75, 3.05) is 6.54 Å². The maximum Gasteiger partial charge on any atom is 0.254 e. The minimum absolute atomic E-state index is 0.139. The van der Waals surface area contributed by atoms with E-state index in [1.165, 1.54) is 12.0 Å². The van der Waals surface area contributed by atoms with Crippen LogP contribution in [0.4, 0.5) is 0 Å². The van der Waals surface area contributed by atoms with Crippen molar-refractivity contribution in [1.82, 2.24) is 4.90 Å². The highest BCUT2D eigenvalue weighted by molar-refractivity contribution is 5.94. The number of nitrogens with zero attached hydrogens (tertiary/aromatic N) is 1. The van der Waals surface area contributed by atoms with E-state index in [0.29, 0.717) is 6.04 Å². The Labute approximate surface area is 116 Å². The molecule has 2 heteroatoms. The van der Waals surface area contributed by atoms with E-state index < -0.39 is 0 Å². The van der Waals surface area contributed by atoms with Gasteiger partial charge in [0, 0.05) is 18.2 Å². The average Bonchev–Trinajstić information content (AvgIpc) is 2.38. The maximum atomic E-state index is 12.5. The fourth-order valence-electron chi connectivity index (χ4n) is 2.68. The van der Waals surface area contributed by atoms with Crippen LogP contribution in [0.25, 0.3) is 0 Å². The van der Waals surface area contributed by atoms with Gasteiger partial charge in [0.25, 0.3) is 5.91 Å². The highest BCUT2D eigenvalue weighted by Crippen LogP contribution is 2.24. The molecule has 1 aromatic carbocycles. The van der Waals surface area contributed by atoms with Crippen LogP contribution in [0.15, 0.2) is 24.3 Å². The summed E-state index contributed by atoms with van der Waals surface area (Å²) in [6, 6.07) is 8.50. The Bertz CT molecular complexity index is 441. The summed E-state index contributed by atoms with van der Waals surface area (Å²) >= 11 is 0. The van der Waals surface area contributed by atoms with Crippen molar-refractivity contribution in [2.24, 2.45) is 0 Å². The summed E-state index contributed by atoms with van der Waals surface area (Å²) in [4.78, 5) is 14.5. The van der Waals surface area contributed by atoms with Crippen molar-refractivity contribution in [3.05, 3.63) is 35.4 Å². The lowest BCUT2D eigenvalue weighted by molar-refractivity contribution is 0.0635. The van der Waals surface area contributed by atoms with Gasteiger partial charge in [0.1, 0.15) is 0 Å². The molecule has 2 nitrogen and oxygen atoms in total. The van der Waals surface area contributed by atoms with Gasteiger partial charge < -0.3 is 4.90 Å². The third-order valence-electron chi connectivity index (χ3n) is 4.06. The molecule has 19 heavy (non-hydrogen) atoms. The first-order valence-electron chi connectivity index (χ1n) is 7.31. The molecular formula is C17H25NO. The van der Waals surface area contributed by atoms with E-state index >= 15 is 0 Å². The SMILES string of the molecule is C[C@@H]1CCCCN1C(=O)c1ccc(C(C)(C)C)cc1. The molecule has 0 unspecified atom stereocenters. The molecule has 2 rings (SSSR count). The molecule has 1 saturated heterocycles. The minimum Gasteiger partial charge on any atom is -0.336 e. The van der Waals surface area contributed by atoms with E-state index in [0.717, 1.165) is 24.9 Å². The number of amides is 1. The molecule has 0 bridgehead atoms. The molecule has 0 spiro atoms. The van der Waals surface area contributed by atoms with Crippen molar-refractivity contribution in [1.29, 1.82) is 0 Å². The lowest BCUT2D eigenvalue weighted by Gasteiger charge is -2.33. The van der Waals surface area contributed by atoms with Gasteiger partial charge in [-0.3, -0.25) is 4.79 Å². The highest BCUT2D eigenvalue weighted by atomic mass is 16.2. The van der Waals surface area contributed by atoms with Crippen LogP contribution in [0.5, 0.6) is 0 Å². The molecule has 1 heterocycles. The first-order valence-corrected chi connectivity index (χ1v) is 7.31. The Balaban J connectivity index is 2.15. The molecule has 1 amide bonds. The smallest absolute Gasteiger partial charge is 0.254 e. The predicted molar refractivity (Wildman–Crippen MR) is 79.5 cm³/mol. The molecule has 1 atom stereocenters. The van der Waals surface area contributed by atoms with Crippen molar-refractivity contribution in [3.63, 3.8) is 0 Å². The van der Waals surface area contributed by atoms with Crippen molar-refractivity contribution in [2.45, 2.75) is 58.4 Å². The number of likely N-dealkylation sites (tertiary alicyclic amines) is 1. The molecule has 0 aromatic heterocycles. The van der Waals surface area contributed by atoms with Crippen LogP contribution in [0, 0.1) is 0 Å². The molecule has 1 aliphatic rings. The fourth-order valence-corrected chi connectivity index (χ4v) is 2.68. The van der Waals surface area contributed by atoms with Crippen LogP contribution in [-0.4, -0.2) is 23.4 Å². The summed E-state index contributed by atoms with van der Waals surface area (Å²) in [5.41, 5.74) is 2.23. The van der Waals surface area contributed by atoms with Gasteiger partial charge in [-0.05, 0) is 49.3 Å². The predicted octanol–water partition coefficient (Wildman–Crippen LogP) is 4.00. The van der Waals surface area contributed by atoms with Gasteiger partial charge in [-0.15, -0.1) is 0 Å². The van der Waals surface area contributed by atoms with Crippen LogP contribution < -0.4 is 0 Å². The number of carbonyl (C=O) groups is 1.